The SMILES string of the molecule is CCOC(=O)c1ccc(C(=O)/C=C/c2cc(-c3cc4ccccc4s3)c(OC)cc2OC)cc1. The van der Waals surface area contributed by atoms with E-state index in [1.54, 1.807) is 62.8 Å². The van der Waals surface area contributed by atoms with Crippen molar-refractivity contribution in [1.29, 1.82) is 0 Å². The molecule has 1 heterocycles. The molecule has 4 aromatic rings. The van der Waals surface area contributed by atoms with E-state index in [1.807, 2.05) is 24.3 Å². The summed E-state index contributed by atoms with van der Waals surface area (Å²) in [5, 5.41) is 1.17. The molecule has 0 radical (unpaired) electrons. The van der Waals surface area contributed by atoms with Crippen LogP contribution in [0.25, 0.3) is 26.6 Å². The predicted molar refractivity (Wildman–Crippen MR) is 136 cm³/mol. The molecule has 6 heteroatoms. The Balaban J connectivity index is 1.65. The molecule has 0 N–H and O–H groups in total. The minimum Gasteiger partial charge on any atom is -0.496 e. The van der Waals surface area contributed by atoms with Crippen LogP contribution in [0.1, 0.15) is 33.2 Å². The smallest absolute Gasteiger partial charge is 0.338 e. The van der Waals surface area contributed by atoms with Crippen LogP contribution in [0.5, 0.6) is 11.5 Å². The average molecular weight is 473 g/mol. The standard InChI is InChI=1S/C28H24O5S/c1-4-33-28(30)19-11-9-18(10-12-19)23(29)14-13-20-15-22(25(32-3)17-24(20)31-2)27-16-21-7-5-6-8-26(21)34-27/h5-17H,4H2,1-3H3/b14-13+. The highest BCUT2D eigenvalue weighted by Gasteiger charge is 2.15. The van der Waals surface area contributed by atoms with E-state index in [-0.39, 0.29) is 5.78 Å². The van der Waals surface area contributed by atoms with Gasteiger partial charge in [-0.15, -0.1) is 11.3 Å². The first kappa shape index (κ1) is 23.3. The summed E-state index contributed by atoms with van der Waals surface area (Å²) in [5.74, 6) is 0.704. The highest BCUT2D eigenvalue weighted by molar-refractivity contribution is 7.22. The van der Waals surface area contributed by atoms with Crippen LogP contribution in [0.15, 0.2) is 72.8 Å². The van der Waals surface area contributed by atoms with E-state index in [9.17, 15) is 9.59 Å². The van der Waals surface area contributed by atoms with Crippen LogP contribution in [-0.2, 0) is 4.74 Å². The van der Waals surface area contributed by atoms with Gasteiger partial charge in [0.05, 0.1) is 26.4 Å². The Morgan fingerprint density at radius 2 is 1.59 bits per heavy atom. The maximum atomic E-state index is 12.8. The molecule has 0 unspecified atom stereocenters. The summed E-state index contributed by atoms with van der Waals surface area (Å²) in [4.78, 5) is 25.6. The lowest BCUT2D eigenvalue weighted by Gasteiger charge is -2.12. The fourth-order valence-electron chi connectivity index (χ4n) is 3.61. The maximum Gasteiger partial charge on any atom is 0.338 e. The number of esters is 1. The quantitative estimate of drug-likeness (QED) is 0.163. The molecular weight excluding hydrogens is 448 g/mol. The van der Waals surface area contributed by atoms with E-state index in [2.05, 4.69) is 18.2 Å². The molecule has 0 fully saturated rings. The van der Waals surface area contributed by atoms with Gasteiger partial charge in [0, 0.05) is 32.3 Å². The summed E-state index contributed by atoms with van der Waals surface area (Å²) in [6.07, 6.45) is 3.23. The fourth-order valence-corrected chi connectivity index (χ4v) is 4.69. The molecule has 0 aliphatic rings. The number of rotatable bonds is 8. The van der Waals surface area contributed by atoms with E-state index >= 15 is 0 Å². The van der Waals surface area contributed by atoms with E-state index in [4.69, 9.17) is 14.2 Å². The average Bonchev–Trinajstić information content (AvgIpc) is 3.31. The van der Waals surface area contributed by atoms with Crippen molar-refractivity contribution in [3.63, 3.8) is 0 Å². The lowest BCUT2D eigenvalue weighted by Crippen LogP contribution is -2.05. The first-order chi connectivity index (χ1) is 16.5. The lowest BCUT2D eigenvalue weighted by molar-refractivity contribution is 0.0526. The summed E-state index contributed by atoms with van der Waals surface area (Å²) in [6, 6.07) is 20.6. The van der Waals surface area contributed by atoms with E-state index in [0.29, 0.717) is 29.2 Å². The predicted octanol–water partition coefficient (Wildman–Crippen LogP) is 6.66. The van der Waals surface area contributed by atoms with Crippen molar-refractivity contribution < 1.29 is 23.8 Å². The van der Waals surface area contributed by atoms with Crippen LogP contribution in [0, 0.1) is 0 Å². The summed E-state index contributed by atoms with van der Waals surface area (Å²) >= 11 is 1.68. The maximum absolute atomic E-state index is 12.8. The van der Waals surface area contributed by atoms with Gasteiger partial charge in [0.1, 0.15) is 11.5 Å². The second-order valence-corrected chi connectivity index (χ2v) is 8.52. The molecule has 0 amide bonds. The third-order valence-electron chi connectivity index (χ3n) is 5.34. The number of carbonyl (C=O) groups excluding carboxylic acids is 2. The molecule has 172 valence electrons. The Kier molecular flexibility index (Phi) is 7.09. The zero-order chi connectivity index (χ0) is 24.1. The lowest BCUT2D eigenvalue weighted by atomic mass is 10.0. The first-order valence-electron chi connectivity index (χ1n) is 10.8. The topological polar surface area (TPSA) is 61.8 Å². The van der Waals surface area contributed by atoms with Gasteiger partial charge in [-0.2, -0.15) is 0 Å². The molecule has 3 aromatic carbocycles. The Hall–Kier alpha value is -3.90. The molecule has 4 rings (SSSR count). The van der Waals surface area contributed by atoms with Crippen LogP contribution >= 0.6 is 11.3 Å². The van der Waals surface area contributed by atoms with Gasteiger partial charge in [-0.25, -0.2) is 4.79 Å². The third kappa shape index (κ3) is 4.87. The zero-order valence-corrected chi connectivity index (χ0v) is 20.0. The Bertz CT molecular complexity index is 1330. The number of hydrogen-bond acceptors (Lipinski definition) is 6. The Labute approximate surface area is 202 Å². The molecule has 0 saturated carbocycles. The number of hydrogen-bond donors (Lipinski definition) is 0. The van der Waals surface area contributed by atoms with Gasteiger partial charge in [-0.3, -0.25) is 4.79 Å². The zero-order valence-electron chi connectivity index (χ0n) is 19.2. The van der Waals surface area contributed by atoms with Crippen LogP contribution in [0.2, 0.25) is 0 Å². The molecule has 0 bridgehead atoms. The van der Waals surface area contributed by atoms with Crippen molar-refractivity contribution in [2.24, 2.45) is 0 Å². The Morgan fingerprint density at radius 1 is 0.882 bits per heavy atom. The molecule has 5 nitrogen and oxygen atoms in total. The van der Waals surface area contributed by atoms with Crippen molar-refractivity contribution in [3.8, 4) is 21.9 Å². The van der Waals surface area contributed by atoms with E-state index in [1.165, 1.54) is 16.2 Å². The molecule has 0 aliphatic carbocycles. The summed E-state index contributed by atoms with van der Waals surface area (Å²) in [7, 11) is 3.21. The third-order valence-corrected chi connectivity index (χ3v) is 6.49. The van der Waals surface area contributed by atoms with E-state index in [0.717, 1.165) is 16.0 Å². The Morgan fingerprint density at radius 3 is 2.26 bits per heavy atom. The van der Waals surface area contributed by atoms with Gasteiger partial charge in [0.15, 0.2) is 5.78 Å². The van der Waals surface area contributed by atoms with Gasteiger partial charge < -0.3 is 14.2 Å². The van der Waals surface area contributed by atoms with E-state index < -0.39 is 5.97 Å². The molecule has 0 atom stereocenters. The number of thiophene rings is 1. The van der Waals surface area contributed by atoms with Crippen LogP contribution in [0.3, 0.4) is 0 Å². The highest BCUT2D eigenvalue weighted by Crippen LogP contribution is 2.41. The molecular formula is C28H24O5S. The van der Waals surface area contributed by atoms with Gasteiger partial charge in [0.2, 0.25) is 0 Å². The monoisotopic (exact) mass is 472 g/mol. The first-order valence-corrected chi connectivity index (χ1v) is 11.6. The number of allylic oxidation sites excluding steroid dienone is 1. The van der Waals surface area contributed by atoms with Gasteiger partial charge in [-0.05, 0) is 54.8 Å². The second-order valence-electron chi connectivity index (χ2n) is 7.44. The van der Waals surface area contributed by atoms with Crippen LogP contribution < -0.4 is 9.47 Å². The summed E-state index contributed by atoms with van der Waals surface area (Å²) in [5.41, 5.74) is 2.57. The molecule has 34 heavy (non-hydrogen) atoms. The fraction of sp³-hybridized carbons (Fsp3) is 0.143. The largest absolute Gasteiger partial charge is 0.496 e. The molecule has 1 aromatic heterocycles. The molecule has 0 aliphatic heterocycles. The number of fused-ring (bicyclic) bond motifs is 1. The van der Waals surface area contributed by atoms with Crippen molar-refractivity contribution in [2.45, 2.75) is 6.92 Å². The number of ketones is 1. The second kappa shape index (κ2) is 10.4. The van der Waals surface area contributed by atoms with Gasteiger partial charge in [-0.1, -0.05) is 30.3 Å². The number of methoxy groups -OCH3 is 2. The van der Waals surface area contributed by atoms with Crippen LogP contribution in [-0.4, -0.2) is 32.6 Å². The summed E-state index contributed by atoms with van der Waals surface area (Å²) in [6.45, 7) is 2.05. The van der Waals surface area contributed by atoms with Crippen molar-refractivity contribution >= 4 is 39.3 Å². The number of ether oxygens (including phenoxy) is 3. The highest BCUT2D eigenvalue weighted by atomic mass is 32.1. The van der Waals surface area contributed by atoms with Crippen molar-refractivity contribution in [3.05, 3.63) is 89.5 Å². The van der Waals surface area contributed by atoms with Crippen molar-refractivity contribution in [1.82, 2.24) is 0 Å². The molecule has 0 spiro atoms. The van der Waals surface area contributed by atoms with Gasteiger partial charge in [0.25, 0.3) is 0 Å². The van der Waals surface area contributed by atoms with Crippen LogP contribution in [0.4, 0.5) is 0 Å². The normalized spacial score (nSPS) is 11.0. The van der Waals surface area contributed by atoms with Crippen molar-refractivity contribution in [2.75, 3.05) is 20.8 Å². The summed E-state index contributed by atoms with van der Waals surface area (Å²) < 4.78 is 17.4. The minimum atomic E-state index is -0.409. The van der Waals surface area contributed by atoms with Gasteiger partial charge >= 0.3 is 5.97 Å². The minimum absolute atomic E-state index is 0.184. The number of benzene rings is 3. The number of carbonyl (C=O) groups is 2. The molecule has 0 saturated heterocycles.